The van der Waals surface area contributed by atoms with Crippen molar-refractivity contribution in [2.45, 2.75) is 44.2 Å². The molecule has 0 amide bonds. The zero-order chi connectivity index (χ0) is 13.5. The highest BCUT2D eigenvalue weighted by Crippen LogP contribution is 2.34. The van der Waals surface area contributed by atoms with Gasteiger partial charge < -0.3 is 15.5 Å². The monoisotopic (exact) mass is 263 g/mol. The van der Waals surface area contributed by atoms with Crippen molar-refractivity contribution in [3.63, 3.8) is 0 Å². The minimum absolute atomic E-state index is 0.228. The zero-order valence-corrected chi connectivity index (χ0v) is 11.5. The van der Waals surface area contributed by atoms with Crippen LogP contribution in [0.25, 0.3) is 0 Å². The molecule has 1 saturated carbocycles. The number of rotatable bonds is 6. The smallest absolute Gasteiger partial charge is 0.0833 e. The molecule has 0 aliphatic heterocycles. The van der Waals surface area contributed by atoms with Gasteiger partial charge in [-0.25, -0.2) is 0 Å². The first-order valence-electron chi connectivity index (χ1n) is 7.40. The summed E-state index contributed by atoms with van der Waals surface area (Å²) >= 11 is 0. The third kappa shape index (κ3) is 4.03. The van der Waals surface area contributed by atoms with E-state index >= 15 is 0 Å². The first kappa shape index (κ1) is 14.5. The van der Waals surface area contributed by atoms with Crippen LogP contribution in [0.1, 0.15) is 43.8 Å². The summed E-state index contributed by atoms with van der Waals surface area (Å²) in [4.78, 5) is 0. The van der Waals surface area contributed by atoms with E-state index in [0.717, 1.165) is 31.4 Å². The maximum atomic E-state index is 10.6. The zero-order valence-electron chi connectivity index (χ0n) is 11.5. The van der Waals surface area contributed by atoms with Crippen molar-refractivity contribution >= 4 is 0 Å². The van der Waals surface area contributed by atoms with Crippen LogP contribution in [-0.4, -0.2) is 29.4 Å². The van der Waals surface area contributed by atoms with E-state index in [0.29, 0.717) is 6.04 Å². The highest BCUT2D eigenvalue weighted by Gasteiger charge is 2.31. The maximum absolute atomic E-state index is 10.6. The summed E-state index contributed by atoms with van der Waals surface area (Å²) < 4.78 is 0. The predicted molar refractivity (Wildman–Crippen MR) is 76.9 cm³/mol. The van der Waals surface area contributed by atoms with Gasteiger partial charge in [0.15, 0.2) is 0 Å². The van der Waals surface area contributed by atoms with E-state index in [4.69, 9.17) is 5.11 Å². The second kappa shape index (κ2) is 7.63. The van der Waals surface area contributed by atoms with Crippen LogP contribution in [0, 0.1) is 5.92 Å². The van der Waals surface area contributed by atoms with Crippen LogP contribution in [0.4, 0.5) is 0 Å². The van der Waals surface area contributed by atoms with Gasteiger partial charge in [0, 0.05) is 18.6 Å². The molecule has 1 unspecified atom stereocenters. The summed E-state index contributed by atoms with van der Waals surface area (Å²) in [5, 5.41) is 22.9. The van der Waals surface area contributed by atoms with Gasteiger partial charge in [0.05, 0.1) is 6.10 Å². The number of nitrogens with one attached hydrogen (secondary N) is 1. The van der Waals surface area contributed by atoms with Crippen LogP contribution in [-0.2, 0) is 0 Å². The maximum Gasteiger partial charge on any atom is 0.0833 e. The van der Waals surface area contributed by atoms with Gasteiger partial charge in [-0.2, -0.15) is 0 Å². The Kier molecular flexibility index (Phi) is 5.83. The Morgan fingerprint density at radius 3 is 2.63 bits per heavy atom. The third-order valence-electron chi connectivity index (χ3n) is 4.11. The Hall–Kier alpha value is -0.900. The lowest BCUT2D eigenvalue weighted by atomic mass is 9.79. The minimum atomic E-state index is -0.381. The number of hydrogen-bond acceptors (Lipinski definition) is 3. The molecule has 106 valence electrons. The lowest BCUT2D eigenvalue weighted by molar-refractivity contribution is 0.0612. The molecule has 1 aliphatic rings. The Labute approximate surface area is 115 Å². The van der Waals surface area contributed by atoms with Crippen LogP contribution >= 0.6 is 0 Å². The molecule has 0 saturated heterocycles. The van der Waals surface area contributed by atoms with Gasteiger partial charge in [0.25, 0.3) is 0 Å². The van der Waals surface area contributed by atoms with Crippen LogP contribution in [0.5, 0.6) is 0 Å². The number of aliphatic hydroxyl groups is 2. The number of hydrogen-bond donors (Lipinski definition) is 3. The normalized spacial score (nSPS) is 25.2. The summed E-state index contributed by atoms with van der Waals surface area (Å²) in [6.45, 7) is 1.06. The van der Waals surface area contributed by atoms with E-state index in [-0.39, 0.29) is 18.6 Å². The van der Waals surface area contributed by atoms with Gasteiger partial charge in [0.1, 0.15) is 0 Å². The van der Waals surface area contributed by atoms with Gasteiger partial charge in [-0.1, -0.05) is 43.2 Å². The first-order valence-corrected chi connectivity index (χ1v) is 7.40. The number of benzene rings is 1. The largest absolute Gasteiger partial charge is 0.396 e. The molecule has 0 aromatic heterocycles. The summed E-state index contributed by atoms with van der Waals surface area (Å²) in [6.07, 6.45) is 5.03. The Bertz CT molecular complexity index is 355. The van der Waals surface area contributed by atoms with E-state index in [1.54, 1.807) is 0 Å². The molecular weight excluding hydrogens is 238 g/mol. The van der Waals surface area contributed by atoms with Crippen molar-refractivity contribution in [2.24, 2.45) is 5.92 Å². The van der Waals surface area contributed by atoms with Gasteiger partial charge in [-0.05, 0) is 31.4 Å². The molecule has 3 N–H and O–H groups in total. The Morgan fingerprint density at radius 2 is 1.89 bits per heavy atom. The van der Waals surface area contributed by atoms with Crippen molar-refractivity contribution < 1.29 is 10.2 Å². The van der Waals surface area contributed by atoms with Gasteiger partial charge in [-0.15, -0.1) is 0 Å². The van der Waals surface area contributed by atoms with E-state index in [2.05, 4.69) is 5.32 Å². The first-order chi connectivity index (χ1) is 9.33. The molecule has 3 nitrogen and oxygen atoms in total. The van der Waals surface area contributed by atoms with E-state index in [9.17, 15) is 5.11 Å². The molecule has 0 heterocycles. The molecular formula is C16H25NO2. The molecule has 0 spiro atoms. The van der Waals surface area contributed by atoms with Crippen LogP contribution in [0.15, 0.2) is 30.3 Å². The van der Waals surface area contributed by atoms with Gasteiger partial charge in [-0.3, -0.25) is 0 Å². The fourth-order valence-electron chi connectivity index (χ4n) is 3.05. The number of aliphatic hydroxyl groups excluding tert-OH is 2. The minimum Gasteiger partial charge on any atom is -0.396 e. The van der Waals surface area contributed by atoms with Crippen molar-refractivity contribution in [1.82, 2.24) is 5.32 Å². The molecule has 1 fully saturated rings. The molecule has 0 bridgehead atoms. The van der Waals surface area contributed by atoms with E-state index in [1.807, 2.05) is 30.3 Å². The van der Waals surface area contributed by atoms with Crippen LogP contribution in [0.2, 0.25) is 0 Å². The molecule has 0 radical (unpaired) electrons. The quantitative estimate of drug-likeness (QED) is 0.690. The molecule has 1 aromatic rings. The summed E-state index contributed by atoms with van der Waals surface area (Å²) in [7, 11) is 0. The fourth-order valence-corrected chi connectivity index (χ4v) is 3.05. The van der Waals surface area contributed by atoms with Gasteiger partial charge >= 0.3 is 0 Å². The van der Waals surface area contributed by atoms with E-state index in [1.165, 1.54) is 12.8 Å². The molecule has 19 heavy (non-hydrogen) atoms. The Balaban J connectivity index is 1.98. The van der Waals surface area contributed by atoms with Crippen molar-refractivity contribution in [1.29, 1.82) is 0 Å². The predicted octanol–water partition coefficient (Wildman–Crippen LogP) is 2.25. The second-order valence-corrected chi connectivity index (χ2v) is 5.44. The summed E-state index contributed by atoms with van der Waals surface area (Å²) in [6, 6.07) is 10.3. The topological polar surface area (TPSA) is 52.5 Å². The van der Waals surface area contributed by atoms with Crippen molar-refractivity contribution in [2.75, 3.05) is 13.2 Å². The van der Waals surface area contributed by atoms with Gasteiger partial charge in [0.2, 0.25) is 0 Å². The molecule has 2 rings (SSSR count). The lowest BCUT2D eigenvalue weighted by Crippen LogP contribution is -2.41. The highest BCUT2D eigenvalue weighted by atomic mass is 16.3. The van der Waals surface area contributed by atoms with Crippen LogP contribution < -0.4 is 5.32 Å². The molecule has 3 heteroatoms. The standard InChI is InChI=1S/C16H25NO2/c18-12-6-11-17-15-10-5-4-9-14(15)16(19)13-7-2-1-3-8-13/h1-3,7-8,14-19H,4-6,9-12H2/t14-,15+,16?/m1/s1. The molecule has 1 aromatic carbocycles. The molecule has 1 aliphatic carbocycles. The van der Waals surface area contributed by atoms with Crippen molar-refractivity contribution in [3.05, 3.63) is 35.9 Å². The molecule has 3 atom stereocenters. The second-order valence-electron chi connectivity index (χ2n) is 5.44. The van der Waals surface area contributed by atoms with Crippen molar-refractivity contribution in [3.8, 4) is 0 Å². The fraction of sp³-hybridized carbons (Fsp3) is 0.625. The highest BCUT2D eigenvalue weighted by molar-refractivity contribution is 5.18. The van der Waals surface area contributed by atoms with Crippen LogP contribution in [0.3, 0.4) is 0 Å². The summed E-state index contributed by atoms with van der Waals surface area (Å²) in [5.74, 6) is 0.287. The average molecular weight is 263 g/mol. The SMILES string of the molecule is OCCCN[C@H]1CCCC[C@H]1C(O)c1ccccc1. The van der Waals surface area contributed by atoms with E-state index < -0.39 is 0 Å². The lowest BCUT2D eigenvalue weighted by Gasteiger charge is -2.35. The third-order valence-corrected chi connectivity index (χ3v) is 4.11. The summed E-state index contributed by atoms with van der Waals surface area (Å²) in [5.41, 5.74) is 1.02. The Morgan fingerprint density at radius 1 is 1.16 bits per heavy atom. The average Bonchev–Trinajstić information content (AvgIpc) is 2.48.